The monoisotopic (exact) mass is 511 g/mol. The van der Waals surface area contributed by atoms with E-state index in [2.05, 4.69) is 15.6 Å². The molecule has 0 saturated heterocycles. The zero-order valence-electron chi connectivity index (χ0n) is 19.6. The number of aryl methyl sites for hydroxylation is 1. The van der Waals surface area contributed by atoms with Gasteiger partial charge in [-0.15, -0.1) is 0 Å². The third-order valence-corrected chi connectivity index (χ3v) is 6.20. The maximum Gasteiger partial charge on any atom is 0.260 e. The lowest BCUT2D eigenvalue weighted by atomic mass is 10.1. The quantitative estimate of drug-likeness (QED) is 0.258. The minimum absolute atomic E-state index is 0.0345. The molecule has 3 N–H and O–H groups in total. The Hall–Kier alpha value is -3.55. The molecule has 0 atom stereocenters. The maximum absolute atomic E-state index is 14.3. The van der Waals surface area contributed by atoms with Gasteiger partial charge in [0.2, 0.25) is 5.95 Å². The SMILES string of the molecule is CC=C(Nc1ccc(C)c(Cl)c1)c1cc(NC(=O)c2c(F)cccc2Cl)cc2[nH]c(N(C)C)nc12. The number of hydrogen-bond acceptors (Lipinski definition) is 4. The van der Waals surface area contributed by atoms with Gasteiger partial charge in [0.1, 0.15) is 5.82 Å². The summed E-state index contributed by atoms with van der Waals surface area (Å²) in [7, 11) is 3.76. The van der Waals surface area contributed by atoms with Gasteiger partial charge in [0.15, 0.2) is 0 Å². The Balaban J connectivity index is 1.79. The van der Waals surface area contributed by atoms with Crippen molar-refractivity contribution in [3.63, 3.8) is 0 Å². The summed E-state index contributed by atoms with van der Waals surface area (Å²) < 4.78 is 14.3. The summed E-state index contributed by atoms with van der Waals surface area (Å²) in [6.45, 7) is 3.83. The van der Waals surface area contributed by atoms with Gasteiger partial charge in [-0.05, 0) is 55.8 Å². The summed E-state index contributed by atoms with van der Waals surface area (Å²) in [6, 6.07) is 13.4. The van der Waals surface area contributed by atoms with Crippen molar-refractivity contribution in [1.82, 2.24) is 9.97 Å². The van der Waals surface area contributed by atoms with Gasteiger partial charge in [0.05, 0.1) is 21.6 Å². The number of nitrogens with zero attached hydrogens (tertiary/aromatic N) is 2. The van der Waals surface area contributed by atoms with Crippen LogP contribution in [0.25, 0.3) is 16.7 Å². The van der Waals surface area contributed by atoms with Crippen LogP contribution < -0.4 is 15.5 Å². The van der Waals surface area contributed by atoms with E-state index in [1.807, 2.05) is 57.1 Å². The number of allylic oxidation sites excluding steroid dienone is 1. The van der Waals surface area contributed by atoms with Crippen molar-refractivity contribution in [3.8, 4) is 0 Å². The number of aromatic nitrogens is 2. The van der Waals surface area contributed by atoms with E-state index in [9.17, 15) is 9.18 Å². The number of H-pyrrole nitrogens is 1. The molecule has 0 aliphatic heterocycles. The second-order valence-corrected chi connectivity index (χ2v) is 9.03. The smallest absolute Gasteiger partial charge is 0.260 e. The Bertz CT molecular complexity index is 1440. The molecule has 0 unspecified atom stereocenters. The molecule has 1 aromatic heterocycles. The van der Waals surface area contributed by atoms with E-state index in [0.29, 0.717) is 27.7 Å². The van der Waals surface area contributed by atoms with Gasteiger partial charge in [-0.1, -0.05) is 41.4 Å². The summed E-state index contributed by atoms with van der Waals surface area (Å²) >= 11 is 12.4. The minimum atomic E-state index is -0.695. The number of benzene rings is 3. The number of nitrogens with one attached hydrogen (secondary N) is 3. The number of carbonyl (C=O) groups is 1. The van der Waals surface area contributed by atoms with Crippen molar-refractivity contribution >= 4 is 63.2 Å². The number of halogens is 3. The highest BCUT2D eigenvalue weighted by Crippen LogP contribution is 2.32. The number of anilines is 3. The van der Waals surface area contributed by atoms with E-state index < -0.39 is 11.7 Å². The number of amides is 1. The van der Waals surface area contributed by atoms with Crippen molar-refractivity contribution in [2.75, 3.05) is 29.6 Å². The number of hydrogen-bond donors (Lipinski definition) is 3. The number of aromatic amines is 1. The van der Waals surface area contributed by atoms with Crippen molar-refractivity contribution in [3.05, 3.63) is 87.2 Å². The van der Waals surface area contributed by atoms with E-state index in [0.717, 1.165) is 22.5 Å². The lowest BCUT2D eigenvalue weighted by Gasteiger charge is -2.15. The van der Waals surface area contributed by atoms with Crippen molar-refractivity contribution < 1.29 is 9.18 Å². The largest absolute Gasteiger partial charge is 0.355 e. The summed E-state index contributed by atoms with van der Waals surface area (Å²) in [6.07, 6.45) is 1.91. The van der Waals surface area contributed by atoms with E-state index in [4.69, 9.17) is 28.2 Å². The molecule has 0 aliphatic carbocycles. The first-order chi connectivity index (χ1) is 16.7. The summed E-state index contributed by atoms with van der Waals surface area (Å²) in [5.41, 5.74) is 4.91. The van der Waals surface area contributed by atoms with Crippen LogP contribution in [0.3, 0.4) is 0 Å². The van der Waals surface area contributed by atoms with Crippen LogP contribution >= 0.6 is 23.2 Å². The molecule has 3 aromatic carbocycles. The number of imidazole rings is 1. The molecule has 0 bridgehead atoms. The molecule has 1 heterocycles. The normalized spacial score (nSPS) is 11.6. The Morgan fingerprint density at radius 3 is 2.49 bits per heavy atom. The summed E-state index contributed by atoms with van der Waals surface area (Å²) in [5, 5.41) is 6.84. The molecule has 0 aliphatic rings. The summed E-state index contributed by atoms with van der Waals surface area (Å²) in [5.74, 6) is -0.693. The fourth-order valence-electron chi connectivity index (χ4n) is 3.62. The second kappa shape index (κ2) is 9.98. The van der Waals surface area contributed by atoms with Crippen LogP contribution in [0, 0.1) is 12.7 Å². The molecule has 0 fully saturated rings. The van der Waals surface area contributed by atoms with Gasteiger partial charge in [-0.2, -0.15) is 0 Å². The lowest BCUT2D eigenvalue weighted by Crippen LogP contribution is -2.15. The maximum atomic E-state index is 14.3. The molecule has 0 saturated carbocycles. The minimum Gasteiger partial charge on any atom is -0.355 e. The molecule has 180 valence electrons. The molecule has 4 rings (SSSR count). The van der Waals surface area contributed by atoms with Crippen LogP contribution in [0.5, 0.6) is 0 Å². The Labute approximate surface area is 212 Å². The zero-order valence-corrected chi connectivity index (χ0v) is 21.1. The van der Waals surface area contributed by atoms with Crippen LogP contribution in [-0.2, 0) is 0 Å². The molecule has 1 amide bonds. The third kappa shape index (κ3) is 5.11. The number of fused-ring (bicyclic) bond motifs is 1. The van der Waals surface area contributed by atoms with E-state index in [1.165, 1.54) is 18.2 Å². The van der Waals surface area contributed by atoms with Gasteiger partial charge in [0.25, 0.3) is 5.91 Å². The fourth-order valence-corrected chi connectivity index (χ4v) is 4.05. The average Bonchev–Trinajstić information content (AvgIpc) is 3.24. The van der Waals surface area contributed by atoms with Crippen molar-refractivity contribution in [2.24, 2.45) is 0 Å². The molecule has 6 nitrogen and oxygen atoms in total. The van der Waals surface area contributed by atoms with Crippen LogP contribution in [-0.4, -0.2) is 30.0 Å². The van der Waals surface area contributed by atoms with Crippen molar-refractivity contribution in [2.45, 2.75) is 13.8 Å². The molecular weight excluding hydrogens is 488 g/mol. The Morgan fingerprint density at radius 2 is 1.83 bits per heavy atom. The standard InChI is InChI=1S/C26H24Cl2FN5O/c1-5-21(30-15-10-9-14(2)19(28)12-15)17-11-16(13-22-24(17)33-26(32-22)34(3)4)31-25(35)23-18(27)7-6-8-20(23)29/h5-13,30H,1-4H3,(H,31,35)(H,32,33). The highest BCUT2D eigenvalue weighted by atomic mass is 35.5. The first-order valence-electron chi connectivity index (χ1n) is 10.8. The molecule has 0 radical (unpaired) electrons. The summed E-state index contributed by atoms with van der Waals surface area (Å²) in [4.78, 5) is 22.7. The van der Waals surface area contributed by atoms with E-state index >= 15 is 0 Å². The highest BCUT2D eigenvalue weighted by molar-refractivity contribution is 6.34. The first-order valence-corrected chi connectivity index (χ1v) is 11.6. The van der Waals surface area contributed by atoms with Crippen LogP contribution in [0.2, 0.25) is 10.0 Å². The number of carbonyl (C=O) groups excluding carboxylic acids is 1. The second-order valence-electron chi connectivity index (χ2n) is 8.22. The average molecular weight is 512 g/mol. The van der Waals surface area contributed by atoms with E-state index in [1.54, 1.807) is 12.1 Å². The predicted molar refractivity (Wildman–Crippen MR) is 143 cm³/mol. The number of rotatable bonds is 6. The Morgan fingerprint density at radius 1 is 1.06 bits per heavy atom. The Kier molecular flexibility index (Phi) is 7.00. The lowest BCUT2D eigenvalue weighted by molar-refractivity contribution is 0.102. The van der Waals surface area contributed by atoms with Gasteiger partial charge < -0.3 is 20.5 Å². The molecule has 0 spiro atoms. The molecular formula is C26H24Cl2FN5O. The van der Waals surface area contributed by atoms with Gasteiger partial charge in [0, 0.05) is 41.8 Å². The van der Waals surface area contributed by atoms with Gasteiger partial charge in [-0.3, -0.25) is 4.79 Å². The highest BCUT2D eigenvalue weighted by Gasteiger charge is 2.19. The van der Waals surface area contributed by atoms with Crippen LogP contribution in [0.4, 0.5) is 21.7 Å². The van der Waals surface area contributed by atoms with Crippen LogP contribution in [0.1, 0.15) is 28.4 Å². The first kappa shape index (κ1) is 24.6. The van der Waals surface area contributed by atoms with Crippen LogP contribution in [0.15, 0.2) is 54.6 Å². The van der Waals surface area contributed by atoms with Gasteiger partial charge in [-0.25, -0.2) is 9.37 Å². The van der Waals surface area contributed by atoms with Crippen molar-refractivity contribution in [1.29, 1.82) is 0 Å². The molecule has 9 heteroatoms. The van der Waals surface area contributed by atoms with E-state index in [-0.39, 0.29) is 10.6 Å². The molecule has 4 aromatic rings. The van der Waals surface area contributed by atoms with Gasteiger partial charge >= 0.3 is 0 Å². The zero-order chi connectivity index (χ0) is 25.3. The molecule has 35 heavy (non-hydrogen) atoms. The third-order valence-electron chi connectivity index (χ3n) is 5.48. The topological polar surface area (TPSA) is 73.0 Å². The fraction of sp³-hybridized carbons (Fsp3) is 0.154. The predicted octanol–water partition coefficient (Wildman–Crippen LogP) is 7.11.